The van der Waals surface area contributed by atoms with E-state index in [1.807, 2.05) is 18.2 Å². The summed E-state index contributed by atoms with van der Waals surface area (Å²) in [5.41, 5.74) is 1.92. The van der Waals surface area contributed by atoms with Crippen molar-refractivity contribution in [2.24, 2.45) is 0 Å². The van der Waals surface area contributed by atoms with Crippen LogP contribution in [-0.4, -0.2) is 49.8 Å². The number of ether oxygens (including phenoxy) is 2. The molecule has 1 aromatic rings. The van der Waals surface area contributed by atoms with Crippen LogP contribution in [0.25, 0.3) is 0 Å². The molecule has 2 amide bonds. The second kappa shape index (κ2) is 7.53. The number of nitrogens with one attached hydrogen (secondary N) is 1. The van der Waals surface area contributed by atoms with E-state index in [1.165, 1.54) is 12.0 Å². The third kappa shape index (κ3) is 3.57. The number of rotatable bonds is 3. The molecule has 24 heavy (non-hydrogen) atoms. The van der Waals surface area contributed by atoms with Gasteiger partial charge in [-0.2, -0.15) is 0 Å². The fraction of sp³-hybridized carbons (Fsp3) is 0.529. The molecule has 1 fully saturated rings. The molecule has 2 heterocycles. The second-order valence-electron chi connectivity index (χ2n) is 6.04. The number of carbonyl (C=O) groups is 2. The number of methoxy groups -OCH3 is 1. The Morgan fingerprint density at radius 1 is 1.46 bits per heavy atom. The van der Waals surface area contributed by atoms with Crippen LogP contribution >= 0.6 is 15.9 Å². The van der Waals surface area contributed by atoms with E-state index in [1.54, 1.807) is 0 Å². The van der Waals surface area contributed by atoms with Crippen molar-refractivity contribution in [1.82, 2.24) is 10.2 Å². The lowest BCUT2D eigenvalue weighted by Crippen LogP contribution is -2.48. The highest BCUT2D eigenvalue weighted by Crippen LogP contribution is 2.32. The van der Waals surface area contributed by atoms with Gasteiger partial charge in [-0.1, -0.05) is 22.0 Å². The molecule has 2 aliphatic heterocycles. The van der Waals surface area contributed by atoms with Crippen molar-refractivity contribution in [3.8, 4) is 0 Å². The Kier molecular flexibility index (Phi) is 5.40. The zero-order chi connectivity index (χ0) is 17.1. The maximum absolute atomic E-state index is 12.8. The first-order chi connectivity index (χ1) is 11.6. The third-order valence-corrected chi connectivity index (χ3v) is 5.01. The van der Waals surface area contributed by atoms with Gasteiger partial charge in [-0.15, -0.1) is 0 Å². The van der Waals surface area contributed by atoms with Crippen LogP contribution in [0, 0.1) is 0 Å². The highest BCUT2D eigenvalue weighted by atomic mass is 79.9. The van der Waals surface area contributed by atoms with Crippen LogP contribution in [0.3, 0.4) is 0 Å². The zero-order valence-electron chi connectivity index (χ0n) is 13.6. The first-order valence-corrected chi connectivity index (χ1v) is 8.91. The predicted octanol–water partition coefficient (Wildman–Crippen LogP) is 2.41. The topological polar surface area (TPSA) is 67.9 Å². The maximum atomic E-state index is 12.8. The molecule has 2 unspecified atom stereocenters. The third-order valence-electron chi connectivity index (χ3n) is 4.52. The lowest BCUT2D eigenvalue weighted by atomic mass is 9.92. The molecule has 0 aromatic heterocycles. The monoisotopic (exact) mass is 396 g/mol. The second-order valence-corrected chi connectivity index (χ2v) is 6.95. The van der Waals surface area contributed by atoms with Gasteiger partial charge in [0.25, 0.3) is 0 Å². The zero-order valence-corrected chi connectivity index (χ0v) is 15.2. The van der Waals surface area contributed by atoms with Gasteiger partial charge in [0.2, 0.25) is 5.91 Å². The summed E-state index contributed by atoms with van der Waals surface area (Å²) >= 11 is 3.45. The van der Waals surface area contributed by atoms with Crippen molar-refractivity contribution in [2.75, 3.05) is 26.8 Å². The Balaban J connectivity index is 1.82. The number of fused-ring (bicyclic) bond motifs is 1. The van der Waals surface area contributed by atoms with Gasteiger partial charge in [0.1, 0.15) is 6.04 Å². The van der Waals surface area contributed by atoms with Crippen LogP contribution in [0.4, 0.5) is 4.79 Å². The molecule has 0 spiro atoms. The molecule has 0 radical (unpaired) electrons. The average molecular weight is 397 g/mol. The molecule has 0 saturated carbocycles. The summed E-state index contributed by atoms with van der Waals surface area (Å²) in [6.45, 7) is 1.67. The Hall–Kier alpha value is -1.60. The van der Waals surface area contributed by atoms with E-state index in [4.69, 9.17) is 9.47 Å². The van der Waals surface area contributed by atoms with Crippen molar-refractivity contribution in [2.45, 2.75) is 31.4 Å². The molecule has 0 bridgehead atoms. The highest BCUT2D eigenvalue weighted by Gasteiger charge is 2.37. The van der Waals surface area contributed by atoms with Gasteiger partial charge < -0.3 is 14.8 Å². The number of hydrogen-bond donors (Lipinski definition) is 1. The maximum Gasteiger partial charge on any atom is 0.410 e. The summed E-state index contributed by atoms with van der Waals surface area (Å²) in [7, 11) is 1.33. The smallest absolute Gasteiger partial charge is 0.410 e. The van der Waals surface area contributed by atoms with Crippen LogP contribution in [0.2, 0.25) is 0 Å². The van der Waals surface area contributed by atoms with Crippen LogP contribution in [0.5, 0.6) is 0 Å². The molecule has 130 valence electrons. The Labute approximate surface area is 149 Å². The van der Waals surface area contributed by atoms with E-state index >= 15 is 0 Å². The van der Waals surface area contributed by atoms with Crippen LogP contribution < -0.4 is 5.32 Å². The summed E-state index contributed by atoms with van der Waals surface area (Å²) in [6, 6.07) is 5.17. The first-order valence-electron chi connectivity index (χ1n) is 8.12. The molecule has 6 nitrogen and oxygen atoms in total. The molecule has 1 N–H and O–H groups in total. The lowest BCUT2D eigenvalue weighted by Gasteiger charge is -2.35. The van der Waals surface area contributed by atoms with E-state index < -0.39 is 12.1 Å². The minimum atomic E-state index is -0.680. The van der Waals surface area contributed by atoms with Gasteiger partial charge in [0, 0.05) is 24.2 Å². The summed E-state index contributed by atoms with van der Waals surface area (Å²) in [4.78, 5) is 26.4. The number of hydrogen-bond acceptors (Lipinski definition) is 4. The molecule has 2 atom stereocenters. The van der Waals surface area contributed by atoms with E-state index in [2.05, 4.69) is 21.2 Å². The average Bonchev–Trinajstić information content (AvgIpc) is 3.11. The van der Waals surface area contributed by atoms with Gasteiger partial charge in [0.05, 0.1) is 13.2 Å². The molecular weight excluding hydrogens is 376 g/mol. The molecular formula is C17H21BrN2O4. The minimum absolute atomic E-state index is 0.0612. The van der Waals surface area contributed by atoms with Crippen molar-refractivity contribution in [1.29, 1.82) is 0 Å². The van der Waals surface area contributed by atoms with E-state index in [0.29, 0.717) is 19.5 Å². The normalized spacial score (nSPS) is 22.8. The standard InChI is InChI=1S/C17H21BrN2O4/c1-23-17(22)20-7-6-11-4-5-12(18)9-14(11)15(20)16(21)19-10-13-3-2-8-24-13/h4-5,9,13,15H,2-3,6-8,10H2,1H3,(H,19,21). The fourth-order valence-electron chi connectivity index (χ4n) is 3.30. The van der Waals surface area contributed by atoms with Gasteiger partial charge in [0.15, 0.2) is 0 Å². The van der Waals surface area contributed by atoms with Crippen molar-refractivity contribution < 1.29 is 19.1 Å². The van der Waals surface area contributed by atoms with E-state index in [-0.39, 0.29) is 12.0 Å². The minimum Gasteiger partial charge on any atom is -0.453 e. The summed E-state index contributed by atoms with van der Waals surface area (Å²) in [5, 5.41) is 2.93. The fourth-order valence-corrected chi connectivity index (χ4v) is 3.68. The number of nitrogens with zero attached hydrogens (tertiary/aromatic N) is 1. The lowest BCUT2D eigenvalue weighted by molar-refractivity contribution is -0.127. The van der Waals surface area contributed by atoms with Gasteiger partial charge in [-0.25, -0.2) is 4.79 Å². The Morgan fingerprint density at radius 3 is 3.00 bits per heavy atom. The summed E-state index contributed by atoms with van der Waals surface area (Å²) in [6.07, 6.45) is 2.25. The molecule has 0 aliphatic carbocycles. The van der Waals surface area contributed by atoms with E-state index in [9.17, 15) is 9.59 Å². The number of benzene rings is 1. The number of carbonyl (C=O) groups excluding carboxylic acids is 2. The quantitative estimate of drug-likeness (QED) is 0.851. The van der Waals surface area contributed by atoms with E-state index in [0.717, 1.165) is 35.0 Å². The van der Waals surface area contributed by atoms with Gasteiger partial charge in [-0.05, 0) is 42.5 Å². The van der Waals surface area contributed by atoms with Crippen molar-refractivity contribution in [3.63, 3.8) is 0 Å². The largest absolute Gasteiger partial charge is 0.453 e. The highest BCUT2D eigenvalue weighted by molar-refractivity contribution is 9.10. The molecule has 1 aromatic carbocycles. The predicted molar refractivity (Wildman–Crippen MR) is 91.7 cm³/mol. The first kappa shape index (κ1) is 17.2. The Morgan fingerprint density at radius 2 is 2.29 bits per heavy atom. The van der Waals surface area contributed by atoms with Crippen LogP contribution in [0.1, 0.15) is 30.0 Å². The van der Waals surface area contributed by atoms with Crippen LogP contribution in [-0.2, 0) is 20.7 Å². The molecule has 1 saturated heterocycles. The van der Waals surface area contributed by atoms with Gasteiger partial charge >= 0.3 is 6.09 Å². The van der Waals surface area contributed by atoms with Gasteiger partial charge in [-0.3, -0.25) is 9.69 Å². The van der Waals surface area contributed by atoms with Crippen molar-refractivity contribution in [3.05, 3.63) is 33.8 Å². The molecule has 3 rings (SSSR count). The summed E-state index contributed by atoms with van der Waals surface area (Å²) < 4.78 is 11.3. The van der Waals surface area contributed by atoms with Crippen molar-refractivity contribution >= 4 is 27.9 Å². The summed E-state index contributed by atoms with van der Waals surface area (Å²) in [5.74, 6) is -0.199. The molecule has 7 heteroatoms. The number of halogens is 1. The Bertz CT molecular complexity index is 631. The molecule has 2 aliphatic rings. The van der Waals surface area contributed by atoms with Crippen LogP contribution in [0.15, 0.2) is 22.7 Å². The number of amides is 2. The SMILES string of the molecule is COC(=O)N1CCc2ccc(Br)cc2C1C(=O)NCC1CCCO1.